The van der Waals surface area contributed by atoms with E-state index in [1.54, 1.807) is 0 Å². The molecule has 3 atom stereocenters. The molecule has 0 aromatic heterocycles. The molecule has 0 aromatic rings. The molecular weight excluding hydrogens is 511 g/mol. The molecule has 0 heterocycles. The fraction of sp³-hybridized carbons (Fsp3) is 0.966. The van der Waals surface area contributed by atoms with Crippen LogP contribution in [0.2, 0.25) is 63.2 Å². The topological polar surface area (TPSA) is 89.8 Å². The molecule has 0 saturated carbocycles. The van der Waals surface area contributed by atoms with E-state index in [1.165, 1.54) is 64.7 Å². The Labute approximate surface area is 233 Å². The fourth-order valence-electron chi connectivity index (χ4n) is 7.77. The monoisotopic (exact) mass is 575 g/mol. The van der Waals surface area contributed by atoms with E-state index in [0.29, 0.717) is 10.7 Å². The van der Waals surface area contributed by atoms with Crippen LogP contribution in [0, 0.1) is 0 Å². The minimum absolute atomic E-state index is 0.321. The molecule has 0 aliphatic rings. The lowest BCUT2D eigenvalue weighted by atomic mass is 9.99. The molecule has 0 fully saturated rings. The molecule has 0 radical (unpaired) electrons. The highest BCUT2D eigenvalue weighted by molar-refractivity contribution is 7.15. The van der Waals surface area contributed by atoms with Crippen molar-refractivity contribution >= 4 is 30.1 Å². The molecule has 0 aliphatic heterocycles. The molecule has 1 amide bonds. The van der Waals surface area contributed by atoms with Crippen LogP contribution < -0.4 is 5.32 Å². The van der Waals surface area contributed by atoms with Gasteiger partial charge in [-0.2, -0.15) is 0 Å². The second-order valence-corrected chi connectivity index (χ2v) is 32.2. The van der Waals surface area contributed by atoms with Crippen LogP contribution in [0.1, 0.15) is 90.4 Å². The maximum absolute atomic E-state index is 11.1. The van der Waals surface area contributed by atoms with E-state index in [2.05, 4.69) is 64.2 Å². The summed E-state index contributed by atoms with van der Waals surface area (Å²) in [6.45, 7) is 24.8. The largest absolute Gasteiger partial charge is 0.394 e. The zero-order chi connectivity index (χ0) is 28.9. The van der Waals surface area contributed by atoms with E-state index < -0.39 is 42.5 Å². The van der Waals surface area contributed by atoms with Gasteiger partial charge in [0.2, 0.25) is 5.91 Å². The highest BCUT2D eigenvalue weighted by Gasteiger charge is 2.58. The number of carbonyl (C=O) groups is 1. The molecule has 5 nitrogen and oxygen atoms in total. The van der Waals surface area contributed by atoms with Gasteiger partial charge in [-0.25, -0.2) is 0 Å². The van der Waals surface area contributed by atoms with E-state index in [9.17, 15) is 20.1 Å². The van der Waals surface area contributed by atoms with Gasteiger partial charge in [-0.3, -0.25) is 4.79 Å². The lowest BCUT2D eigenvalue weighted by molar-refractivity contribution is -0.122. The van der Waals surface area contributed by atoms with Crippen LogP contribution in [-0.2, 0) is 4.79 Å². The van der Waals surface area contributed by atoms with Crippen LogP contribution in [0.4, 0.5) is 0 Å². The van der Waals surface area contributed by atoms with Crippen LogP contribution in [0.5, 0.6) is 0 Å². The number of unbranched alkanes of at least 4 members (excludes halogenated alkanes) is 10. The highest BCUT2D eigenvalue weighted by Crippen LogP contribution is 2.57. The molecular formula is C29H65NO4Si3. The van der Waals surface area contributed by atoms with Crippen molar-refractivity contribution in [2.75, 3.05) is 6.61 Å². The van der Waals surface area contributed by atoms with Crippen LogP contribution in [0.15, 0.2) is 0 Å². The standard InChI is InChI=1S/C29H65NO4Si3/c1-25(32)30-26(24-31)28(34)27(33)22-20-18-16-14-12-11-13-15-17-19-21-23-29(35(2,3)4,36(5,6)7)37(8,9)10/h26-28,31,33-34H,11-24H2,1-10H3,(H,30,32)/t26-,27+,28-/m0/s1. The first kappa shape index (κ1) is 37.0. The first-order valence-electron chi connectivity index (χ1n) is 15.2. The summed E-state index contributed by atoms with van der Waals surface area (Å²) in [5.41, 5.74) is 0. The van der Waals surface area contributed by atoms with E-state index >= 15 is 0 Å². The molecule has 8 heteroatoms. The van der Waals surface area contributed by atoms with Crippen LogP contribution in [-0.4, -0.2) is 70.3 Å². The van der Waals surface area contributed by atoms with Crippen LogP contribution in [0.3, 0.4) is 0 Å². The quantitative estimate of drug-likeness (QED) is 0.0867. The second kappa shape index (κ2) is 17.0. The third kappa shape index (κ3) is 12.4. The first-order valence-corrected chi connectivity index (χ1v) is 25.7. The highest BCUT2D eigenvalue weighted by atomic mass is 28.5. The maximum Gasteiger partial charge on any atom is 0.217 e. The Morgan fingerprint density at radius 1 is 0.676 bits per heavy atom. The maximum atomic E-state index is 11.1. The van der Waals surface area contributed by atoms with Gasteiger partial charge in [0.1, 0.15) is 6.10 Å². The number of carbonyl (C=O) groups excluding carboxylic acids is 1. The van der Waals surface area contributed by atoms with Crippen molar-refractivity contribution in [1.82, 2.24) is 5.32 Å². The van der Waals surface area contributed by atoms with Crippen molar-refractivity contribution < 1.29 is 20.1 Å². The molecule has 0 unspecified atom stereocenters. The summed E-state index contributed by atoms with van der Waals surface area (Å²) >= 11 is 0. The molecule has 222 valence electrons. The van der Waals surface area contributed by atoms with Gasteiger partial charge < -0.3 is 20.6 Å². The third-order valence-electron chi connectivity index (χ3n) is 8.78. The molecule has 4 N–H and O–H groups in total. The van der Waals surface area contributed by atoms with Gasteiger partial charge in [-0.05, 0) is 10.7 Å². The number of amides is 1. The van der Waals surface area contributed by atoms with Crippen molar-refractivity contribution in [3.8, 4) is 0 Å². The number of hydrogen-bond donors (Lipinski definition) is 4. The summed E-state index contributed by atoms with van der Waals surface area (Å²) in [5, 5.41) is 32.1. The Bertz CT molecular complexity index is 590. The van der Waals surface area contributed by atoms with Gasteiger partial charge in [0.15, 0.2) is 0 Å². The Morgan fingerprint density at radius 3 is 1.35 bits per heavy atom. The van der Waals surface area contributed by atoms with E-state index in [4.69, 9.17) is 0 Å². The Kier molecular flexibility index (Phi) is 17.0. The van der Waals surface area contributed by atoms with Crippen molar-refractivity contribution in [2.24, 2.45) is 0 Å². The summed E-state index contributed by atoms with van der Waals surface area (Å²) in [6.07, 6.45) is 13.7. The Hall–Kier alpha value is 0.000649. The van der Waals surface area contributed by atoms with E-state index in [-0.39, 0.29) is 12.5 Å². The number of aliphatic hydroxyl groups excluding tert-OH is 3. The van der Waals surface area contributed by atoms with Gasteiger partial charge >= 0.3 is 0 Å². The average molecular weight is 576 g/mol. The zero-order valence-electron chi connectivity index (χ0n) is 26.4. The molecule has 0 aliphatic carbocycles. The smallest absolute Gasteiger partial charge is 0.217 e. The van der Waals surface area contributed by atoms with E-state index in [1.807, 2.05) is 0 Å². The third-order valence-corrected chi connectivity index (χ3v) is 30.7. The minimum atomic E-state index is -1.26. The first-order chi connectivity index (χ1) is 16.9. The summed E-state index contributed by atoms with van der Waals surface area (Å²) in [4.78, 5) is 11.1. The van der Waals surface area contributed by atoms with Gasteiger partial charge in [-0.1, -0.05) is 136 Å². The average Bonchev–Trinajstić information content (AvgIpc) is 2.74. The normalized spacial score (nSPS) is 15.9. The number of rotatable bonds is 21. The summed E-state index contributed by atoms with van der Waals surface area (Å²) in [6, 6.07) is -0.809. The van der Waals surface area contributed by atoms with Gasteiger partial charge in [0.05, 0.1) is 18.8 Å². The van der Waals surface area contributed by atoms with Crippen LogP contribution >= 0.6 is 0 Å². The molecule has 0 saturated heterocycles. The van der Waals surface area contributed by atoms with Crippen LogP contribution in [0.25, 0.3) is 0 Å². The number of nitrogens with one attached hydrogen (secondary N) is 1. The predicted octanol–water partition coefficient (Wildman–Crippen LogP) is 7.11. The molecule has 37 heavy (non-hydrogen) atoms. The van der Waals surface area contributed by atoms with Crippen molar-refractivity contribution in [1.29, 1.82) is 0 Å². The lowest BCUT2D eigenvalue weighted by Gasteiger charge is -2.59. The van der Waals surface area contributed by atoms with Crippen molar-refractivity contribution in [3.63, 3.8) is 0 Å². The molecule has 0 spiro atoms. The van der Waals surface area contributed by atoms with Gasteiger partial charge in [-0.15, -0.1) is 0 Å². The van der Waals surface area contributed by atoms with E-state index in [0.717, 1.165) is 19.3 Å². The summed E-state index contributed by atoms with van der Waals surface area (Å²) in [7, 11) is -3.78. The summed E-state index contributed by atoms with van der Waals surface area (Å²) < 4.78 is 0.702. The van der Waals surface area contributed by atoms with Crippen molar-refractivity contribution in [2.45, 2.75) is 172 Å². The zero-order valence-corrected chi connectivity index (χ0v) is 29.4. The second-order valence-electron chi connectivity index (χ2n) is 14.6. The van der Waals surface area contributed by atoms with Crippen molar-refractivity contribution in [3.05, 3.63) is 0 Å². The number of hydrogen-bond acceptors (Lipinski definition) is 4. The number of aliphatic hydroxyl groups is 3. The molecule has 0 aromatic carbocycles. The summed E-state index contributed by atoms with van der Waals surface area (Å²) in [5.74, 6) is -0.321. The minimum Gasteiger partial charge on any atom is -0.394 e. The Balaban J connectivity index is 4.07. The fourth-order valence-corrected chi connectivity index (χ4v) is 37.6. The predicted molar refractivity (Wildman–Crippen MR) is 169 cm³/mol. The Morgan fingerprint density at radius 2 is 1.03 bits per heavy atom. The molecule has 0 rings (SSSR count). The van der Waals surface area contributed by atoms with Gasteiger partial charge in [0.25, 0.3) is 0 Å². The SMILES string of the molecule is CC(=O)N[C@@H](CO)[C@H](O)[C@H](O)CCCCCCCCCCCCCC([Si](C)(C)C)([Si](C)(C)C)[Si](C)(C)C. The van der Waals surface area contributed by atoms with Gasteiger partial charge in [0, 0.05) is 31.1 Å². The lowest BCUT2D eigenvalue weighted by Crippen LogP contribution is -2.65. The molecule has 0 bridgehead atoms.